The second-order valence-electron chi connectivity index (χ2n) is 4.34. The van der Waals surface area contributed by atoms with Gasteiger partial charge in [-0.1, -0.05) is 0 Å². The molecule has 0 radical (unpaired) electrons. The molecule has 0 spiro atoms. The Hall–Kier alpha value is -1.29. The summed E-state index contributed by atoms with van der Waals surface area (Å²) in [6, 6.07) is -1.04. The molecule has 1 aromatic rings. The quantitative estimate of drug-likeness (QED) is 0.836. The molecule has 1 aromatic heterocycles. The third-order valence-electron chi connectivity index (χ3n) is 2.68. The number of halogens is 5. The standard InChI is InChI=1S/C10H10F5N3OS/c11-9(12)1-5(17-4-9)8(19)16-2-7-18-6(3-20-7)10(13,14)15/h3,5,17H,1-2,4H2,(H,16,19). The van der Waals surface area contributed by atoms with Crippen LogP contribution in [0.2, 0.25) is 0 Å². The number of hydrogen-bond acceptors (Lipinski definition) is 4. The number of amides is 1. The smallest absolute Gasteiger partial charge is 0.348 e. The van der Waals surface area contributed by atoms with Crippen LogP contribution in [0.25, 0.3) is 0 Å². The van der Waals surface area contributed by atoms with Crippen LogP contribution in [-0.2, 0) is 17.5 Å². The summed E-state index contributed by atoms with van der Waals surface area (Å²) in [5.74, 6) is -3.61. The lowest BCUT2D eigenvalue weighted by molar-refractivity contribution is -0.140. The van der Waals surface area contributed by atoms with E-state index in [0.29, 0.717) is 0 Å². The van der Waals surface area contributed by atoms with Gasteiger partial charge in [0.2, 0.25) is 5.91 Å². The van der Waals surface area contributed by atoms with Crippen molar-refractivity contribution < 1.29 is 26.7 Å². The highest BCUT2D eigenvalue weighted by Gasteiger charge is 2.42. The summed E-state index contributed by atoms with van der Waals surface area (Å²) in [5.41, 5.74) is -1.03. The van der Waals surface area contributed by atoms with Crippen LogP contribution in [0.5, 0.6) is 0 Å². The molecule has 4 nitrogen and oxygen atoms in total. The maximum Gasteiger partial charge on any atom is 0.434 e. The molecule has 1 unspecified atom stereocenters. The van der Waals surface area contributed by atoms with Crippen molar-refractivity contribution in [1.29, 1.82) is 0 Å². The lowest BCUT2D eigenvalue weighted by Crippen LogP contribution is -2.40. The summed E-state index contributed by atoms with van der Waals surface area (Å²) in [4.78, 5) is 14.9. The minimum atomic E-state index is -4.53. The van der Waals surface area contributed by atoms with Gasteiger partial charge in [-0.15, -0.1) is 11.3 Å². The van der Waals surface area contributed by atoms with Crippen molar-refractivity contribution in [2.24, 2.45) is 0 Å². The molecular weight excluding hydrogens is 305 g/mol. The number of thiazole rings is 1. The topological polar surface area (TPSA) is 54.0 Å². The van der Waals surface area contributed by atoms with E-state index in [2.05, 4.69) is 15.6 Å². The van der Waals surface area contributed by atoms with E-state index in [9.17, 15) is 26.7 Å². The zero-order valence-corrected chi connectivity index (χ0v) is 10.7. The van der Waals surface area contributed by atoms with Crippen molar-refractivity contribution in [2.75, 3.05) is 6.54 Å². The van der Waals surface area contributed by atoms with Crippen molar-refractivity contribution >= 4 is 17.2 Å². The maximum absolute atomic E-state index is 12.9. The Kier molecular flexibility index (Phi) is 3.96. The van der Waals surface area contributed by atoms with Crippen LogP contribution in [0, 0.1) is 0 Å². The van der Waals surface area contributed by atoms with Crippen molar-refractivity contribution in [1.82, 2.24) is 15.6 Å². The molecular formula is C10H10F5N3OS. The summed E-state index contributed by atoms with van der Waals surface area (Å²) in [7, 11) is 0. The largest absolute Gasteiger partial charge is 0.434 e. The summed E-state index contributed by atoms with van der Waals surface area (Å²) in [5, 5.41) is 5.54. The van der Waals surface area contributed by atoms with Crippen LogP contribution < -0.4 is 10.6 Å². The molecule has 20 heavy (non-hydrogen) atoms. The van der Waals surface area contributed by atoms with Crippen LogP contribution in [0.3, 0.4) is 0 Å². The molecule has 1 fully saturated rings. The molecule has 112 valence electrons. The first-order chi connectivity index (χ1) is 9.17. The van der Waals surface area contributed by atoms with Crippen LogP contribution >= 0.6 is 11.3 Å². The van der Waals surface area contributed by atoms with Crippen LogP contribution in [0.4, 0.5) is 22.0 Å². The molecule has 1 amide bonds. The van der Waals surface area contributed by atoms with Crippen LogP contribution in [-0.4, -0.2) is 29.4 Å². The molecule has 1 atom stereocenters. The highest BCUT2D eigenvalue weighted by Crippen LogP contribution is 2.30. The van der Waals surface area contributed by atoms with Crippen molar-refractivity contribution in [2.45, 2.75) is 31.1 Å². The Bertz CT molecular complexity index is 501. The lowest BCUT2D eigenvalue weighted by atomic mass is 10.2. The molecule has 0 aliphatic carbocycles. The Morgan fingerprint density at radius 3 is 2.75 bits per heavy atom. The number of nitrogens with zero attached hydrogens (tertiary/aromatic N) is 1. The molecule has 1 aliphatic heterocycles. The molecule has 0 saturated carbocycles. The zero-order valence-electron chi connectivity index (χ0n) is 9.93. The zero-order chi connectivity index (χ0) is 15.0. The Labute approximate surface area is 114 Å². The fraction of sp³-hybridized carbons (Fsp3) is 0.600. The highest BCUT2D eigenvalue weighted by atomic mass is 32.1. The normalized spacial score (nSPS) is 21.9. The average molecular weight is 315 g/mol. The average Bonchev–Trinajstić information content (AvgIpc) is 2.91. The van der Waals surface area contributed by atoms with E-state index in [4.69, 9.17) is 0 Å². The van der Waals surface area contributed by atoms with Gasteiger partial charge in [0.1, 0.15) is 5.01 Å². The Morgan fingerprint density at radius 2 is 2.25 bits per heavy atom. The van der Waals surface area contributed by atoms with Crippen molar-refractivity contribution in [3.63, 3.8) is 0 Å². The Morgan fingerprint density at radius 1 is 1.55 bits per heavy atom. The second kappa shape index (κ2) is 5.24. The lowest BCUT2D eigenvalue weighted by Gasteiger charge is -2.10. The van der Waals surface area contributed by atoms with Gasteiger partial charge in [0, 0.05) is 11.8 Å². The van der Waals surface area contributed by atoms with E-state index in [-0.39, 0.29) is 11.6 Å². The van der Waals surface area contributed by atoms with Gasteiger partial charge in [0.05, 0.1) is 19.1 Å². The molecule has 0 bridgehead atoms. The minimum absolute atomic E-state index is 0.0652. The molecule has 1 aliphatic rings. The predicted octanol–water partition coefficient (Wildman–Crippen LogP) is 1.78. The number of carbonyl (C=O) groups is 1. The van der Waals surface area contributed by atoms with Crippen LogP contribution in [0.1, 0.15) is 17.1 Å². The first kappa shape index (κ1) is 15.1. The number of alkyl halides is 5. The van der Waals surface area contributed by atoms with Gasteiger partial charge < -0.3 is 5.32 Å². The van der Waals surface area contributed by atoms with Gasteiger partial charge in [-0.2, -0.15) is 13.2 Å². The summed E-state index contributed by atoms with van der Waals surface area (Å²) in [6.45, 7) is -0.802. The number of nitrogens with one attached hydrogen (secondary N) is 2. The van der Waals surface area contributed by atoms with E-state index in [1.807, 2.05) is 0 Å². The van der Waals surface area contributed by atoms with Gasteiger partial charge in [-0.05, 0) is 0 Å². The number of hydrogen-bond donors (Lipinski definition) is 2. The van der Waals surface area contributed by atoms with E-state index < -0.39 is 42.7 Å². The molecule has 1 saturated heterocycles. The van der Waals surface area contributed by atoms with Gasteiger partial charge in [-0.25, -0.2) is 13.8 Å². The maximum atomic E-state index is 12.9. The fourth-order valence-corrected chi connectivity index (χ4v) is 2.45. The van der Waals surface area contributed by atoms with E-state index >= 15 is 0 Å². The van der Waals surface area contributed by atoms with E-state index in [1.165, 1.54) is 0 Å². The summed E-state index contributed by atoms with van der Waals surface area (Å²) in [6.07, 6.45) is -5.15. The number of aromatic nitrogens is 1. The van der Waals surface area contributed by atoms with Gasteiger partial charge in [0.15, 0.2) is 5.69 Å². The van der Waals surface area contributed by atoms with Crippen LogP contribution in [0.15, 0.2) is 5.38 Å². The van der Waals surface area contributed by atoms with Crippen molar-refractivity contribution in [3.8, 4) is 0 Å². The predicted molar refractivity (Wildman–Crippen MR) is 60.3 cm³/mol. The van der Waals surface area contributed by atoms with Crippen molar-refractivity contribution in [3.05, 3.63) is 16.1 Å². The highest BCUT2D eigenvalue weighted by molar-refractivity contribution is 7.09. The molecule has 0 aromatic carbocycles. The molecule has 2 N–H and O–H groups in total. The second-order valence-corrected chi connectivity index (χ2v) is 5.28. The minimum Gasteiger partial charge on any atom is -0.348 e. The van der Waals surface area contributed by atoms with E-state index in [1.54, 1.807) is 0 Å². The van der Waals surface area contributed by atoms with E-state index in [0.717, 1.165) is 16.7 Å². The third-order valence-corrected chi connectivity index (χ3v) is 3.53. The molecule has 10 heteroatoms. The first-order valence-corrected chi connectivity index (χ1v) is 6.46. The SMILES string of the molecule is O=C(NCc1nc(C(F)(F)F)cs1)C1CC(F)(F)CN1. The number of rotatable bonds is 3. The van der Waals surface area contributed by atoms with Gasteiger partial charge >= 0.3 is 6.18 Å². The van der Waals surface area contributed by atoms with Gasteiger partial charge in [0.25, 0.3) is 5.92 Å². The van der Waals surface area contributed by atoms with Gasteiger partial charge in [-0.3, -0.25) is 10.1 Å². The third kappa shape index (κ3) is 3.63. The Balaban J connectivity index is 1.86. The first-order valence-electron chi connectivity index (χ1n) is 5.58. The summed E-state index contributed by atoms with van der Waals surface area (Å²) < 4.78 is 62.6. The molecule has 2 rings (SSSR count). The summed E-state index contributed by atoms with van der Waals surface area (Å²) >= 11 is 0.746. The monoisotopic (exact) mass is 315 g/mol. The fourth-order valence-electron chi connectivity index (χ4n) is 1.71. The molecule has 2 heterocycles. The number of carbonyl (C=O) groups excluding carboxylic acids is 1.